The van der Waals surface area contributed by atoms with Crippen molar-refractivity contribution >= 4 is 29.4 Å². The lowest BCUT2D eigenvalue weighted by Gasteiger charge is -2.16. The zero-order valence-electron chi connectivity index (χ0n) is 12.3. The maximum absolute atomic E-state index is 12.1. The maximum atomic E-state index is 12.1. The van der Waals surface area contributed by atoms with Gasteiger partial charge in [0, 0.05) is 10.7 Å². The van der Waals surface area contributed by atoms with Crippen molar-refractivity contribution in [2.24, 2.45) is 5.10 Å². The monoisotopic (exact) mass is 315 g/mol. The van der Waals surface area contributed by atoms with Crippen LogP contribution in [0.15, 0.2) is 59.7 Å². The number of rotatable bonds is 6. The second kappa shape index (κ2) is 8.20. The van der Waals surface area contributed by atoms with Crippen molar-refractivity contribution in [1.82, 2.24) is 5.43 Å². The van der Waals surface area contributed by atoms with Crippen LogP contribution in [0.3, 0.4) is 0 Å². The summed E-state index contributed by atoms with van der Waals surface area (Å²) in [6, 6.07) is 16.5. The molecule has 2 aromatic carbocycles. The highest BCUT2D eigenvalue weighted by molar-refractivity contribution is 6.30. The Morgan fingerprint density at radius 2 is 1.86 bits per heavy atom. The summed E-state index contributed by atoms with van der Waals surface area (Å²) in [5.74, 6) is -0.170. The number of amides is 1. The van der Waals surface area contributed by atoms with Crippen LogP contribution in [-0.2, 0) is 4.79 Å². The van der Waals surface area contributed by atoms with Crippen molar-refractivity contribution < 1.29 is 4.79 Å². The minimum Gasteiger partial charge on any atom is -0.374 e. The summed E-state index contributed by atoms with van der Waals surface area (Å²) >= 11 is 5.81. The molecule has 0 spiro atoms. The quantitative estimate of drug-likeness (QED) is 0.631. The average molecular weight is 316 g/mol. The number of carbonyl (C=O) groups is 1. The first-order chi connectivity index (χ1) is 10.7. The van der Waals surface area contributed by atoms with Gasteiger partial charge in [-0.05, 0) is 36.2 Å². The van der Waals surface area contributed by atoms with E-state index >= 15 is 0 Å². The molecule has 2 N–H and O–H groups in total. The summed E-state index contributed by atoms with van der Waals surface area (Å²) in [6.45, 7) is 1.95. The molecule has 1 amide bonds. The SMILES string of the molecule is CCC(Nc1ccccc1)C(=O)N/N=C/c1ccc(Cl)cc1. The van der Waals surface area contributed by atoms with Gasteiger partial charge in [-0.1, -0.05) is 48.9 Å². The molecule has 0 radical (unpaired) electrons. The van der Waals surface area contributed by atoms with Crippen LogP contribution < -0.4 is 10.7 Å². The fourth-order valence-electron chi connectivity index (χ4n) is 1.89. The third-order valence-electron chi connectivity index (χ3n) is 3.10. The molecule has 0 aromatic heterocycles. The summed E-state index contributed by atoms with van der Waals surface area (Å²) in [6.07, 6.45) is 2.25. The zero-order chi connectivity index (χ0) is 15.8. The van der Waals surface area contributed by atoms with Crippen LogP contribution in [0.5, 0.6) is 0 Å². The van der Waals surface area contributed by atoms with Crippen LogP contribution in [0.1, 0.15) is 18.9 Å². The second-order valence-corrected chi connectivity index (χ2v) is 5.19. The molecule has 22 heavy (non-hydrogen) atoms. The molecule has 1 atom stereocenters. The summed E-state index contributed by atoms with van der Waals surface area (Å²) in [5.41, 5.74) is 4.33. The van der Waals surface area contributed by atoms with Gasteiger partial charge in [-0.3, -0.25) is 4.79 Å². The van der Waals surface area contributed by atoms with E-state index in [0.29, 0.717) is 11.4 Å². The molecule has 2 aromatic rings. The fraction of sp³-hybridized carbons (Fsp3) is 0.176. The van der Waals surface area contributed by atoms with Gasteiger partial charge in [0.15, 0.2) is 0 Å². The number of hydrogen-bond donors (Lipinski definition) is 2. The summed E-state index contributed by atoms with van der Waals surface area (Å²) in [7, 11) is 0. The Hall–Kier alpha value is -2.33. The van der Waals surface area contributed by atoms with Gasteiger partial charge in [-0.15, -0.1) is 0 Å². The number of para-hydroxylation sites is 1. The Balaban J connectivity index is 1.90. The Morgan fingerprint density at radius 1 is 1.18 bits per heavy atom. The predicted octanol–water partition coefficient (Wildman–Crippen LogP) is 3.68. The maximum Gasteiger partial charge on any atom is 0.262 e. The smallest absolute Gasteiger partial charge is 0.262 e. The van der Waals surface area contributed by atoms with Gasteiger partial charge in [0.25, 0.3) is 5.91 Å². The molecule has 0 fully saturated rings. The third-order valence-corrected chi connectivity index (χ3v) is 3.35. The molecule has 5 heteroatoms. The van der Waals surface area contributed by atoms with Crippen LogP contribution in [0.2, 0.25) is 5.02 Å². The lowest BCUT2D eigenvalue weighted by Crippen LogP contribution is -2.36. The third kappa shape index (κ3) is 4.90. The van der Waals surface area contributed by atoms with Crippen molar-refractivity contribution in [1.29, 1.82) is 0 Å². The number of benzene rings is 2. The molecule has 4 nitrogen and oxygen atoms in total. The minimum absolute atomic E-state index is 0.170. The molecule has 0 aliphatic heterocycles. The number of anilines is 1. The van der Waals surface area contributed by atoms with Gasteiger partial charge < -0.3 is 5.32 Å². The largest absolute Gasteiger partial charge is 0.374 e. The van der Waals surface area contributed by atoms with Gasteiger partial charge in [-0.25, -0.2) is 5.43 Å². The number of halogens is 1. The van der Waals surface area contributed by atoms with Gasteiger partial charge in [-0.2, -0.15) is 5.10 Å². The molecular weight excluding hydrogens is 298 g/mol. The standard InChI is InChI=1S/C17H18ClN3O/c1-2-16(20-15-6-4-3-5-7-15)17(22)21-19-12-13-8-10-14(18)11-9-13/h3-12,16,20H,2H2,1H3,(H,21,22)/b19-12+. The zero-order valence-corrected chi connectivity index (χ0v) is 13.0. The predicted molar refractivity (Wildman–Crippen MR) is 91.3 cm³/mol. The molecule has 0 heterocycles. The van der Waals surface area contributed by atoms with Crippen LogP contribution >= 0.6 is 11.6 Å². The second-order valence-electron chi connectivity index (χ2n) is 4.76. The van der Waals surface area contributed by atoms with E-state index in [1.54, 1.807) is 18.3 Å². The normalized spacial score (nSPS) is 12.1. The molecule has 0 saturated heterocycles. The fourth-order valence-corrected chi connectivity index (χ4v) is 2.01. The van der Waals surface area contributed by atoms with E-state index in [9.17, 15) is 4.79 Å². The molecular formula is C17H18ClN3O. The summed E-state index contributed by atoms with van der Waals surface area (Å²) in [5, 5.41) is 7.82. The van der Waals surface area contributed by atoms with Crippen LogP contribution in [0.4, 0.5) is 5.69 Å². The first-order valence-electron chi connectivity index (χ1n) is 7.09. The van der Waals surface area contributed by atoms with Gasteiger partial charge in [0.1, 0.15) is 6.04 Å². The average Bonchev–Trinajstić information content (AvgIpc) is 2.55. The number of nitrogens with one attached hydrogen (secondary N) is 2. The molecule has 0 aliphatic rings. The highest BCUT2D eigenvalue weighted by atomic mass is 35.5. The van der Waals surface area contributed by atoms with Crippen LogP contribution in [0.25, 0.3) is 0 Å². The van der Waals surface area contributed by atoms with Crippen LogP contribution in [-0.4, -0.2) is 18.2 Å². The highest BCUT2D eigenvalue weighted by Crippen LogP contribution is 2.09. The van der Waals surface area contributed by atoms with Gasteiger partial charge in [0.2, 0.25) is 0 Å². The summed E-state index contributed by atoms with van der Waals surface area (Å²) in [4.78, 5) is 12.1. The summed E-state index contributed by atoms with van der Waals surface area (Å²) < 4.78 is 0. The molecule has 1 unspecified atom stereocenters. The number of carbonyl (C=O) groups excluding carboxylic acids is 1. The van der Waals surface area contributed by atoms with E-state index in [1.165, 1.54) is 0 Å². The van der Waals surface area contributed by atoms with E-state index in [2.05, 4.69) is 15.8 Å². The van der Waals surface area contributed by atoms with E-state index < -0.39 is 0 Å². The first-order valence-corrected chi connectivity index (χ1v) is 7.47. The topological polar surface area (TPSA) is 53.5 Å². The Labute approximate surface area is 135 Å². The van der Waals surface area contributed by atoms with Crippen molar-refractivity contribution in [3.05, 3.63) is 65.2 Å². The lowest BCUT2D eigenvalue weighted by molar-refractivity contribution is -0.121. The molecule has 0 aliphatic carbocycles. The molecule has 0 bridgehead atoms. The van der Waals surface area contributed by atoms with E-state index in [-0.39, 0.29) is 11.9 Å². The van der Waals surface area contributed by atoms with E-state index in [1.807, 2.05) is 49.4 Å². The number of hydrazone groups is 1. The van der Waals surface area contributed by atoms with Gasteiger partial charge in [0.05, 0.1) is 6.21 Å². The highest BCUT2D eigenvalue weighted by Gasteiger charge is 2.15. The van der Waals surface area contributed by atoms with Crippen molar-refractivity contribution in [2.45, 2.75) is 19.4 Å². The Bertz CT molecular complexity index is 626. The van der Waals surface area contributed by atoms with Crippen LogP contribution in [0, 0.1) is 0 Å². The number of nitrogens with zero attached hydrogens (tertiary/aromatic N) is 1. The number of hydrogen-bond acceptors (Lipinski definition) is 3. The lowest BCUT2D eigenvalue weighted by atomic mass is 10.2. The molecule has 114 valence electrons. The first kappa shape index (κ1) is 16.0. The van der Waals surface area contributed by atoms with Crippen molar-refractivity contribution in [3.63, 3.8) is 0 Å². The Morgan fingerprint density at radius 3 is 2.50 bits per heavy atom. The van der Waals surface area contributed by atoms with Gasteiger partial charge >= 0.3 is 0 Å². The van der Waals surface area contributed by atoms with Crippen molar-refractivity contribution in [2.75, 3.05) is 5.32 Å². The van der Waals surface area contributed by atoms with E-state index in [0.717, 1.165) is 11.3 Å². The van der Waals surface area contributed by atoms with Crippen molar-refractivity contribution in [3.8, 4) is 0 Å². The molecule has 0 saturated carbocycles. The Kier molecular flexibility index (Phi) is 5.98. The van der Waals surface area contributed by atoms with E-state index in [4.69, 9.17) is 11.6 Å². The minimum atomic E-state index is -0.329. The molecule has 2 rings (SSSR count).